The molecule has 2 rings (SSSR count). The van der Waals surface area contributed by atoms with E-state index in [4.69, 9.17) is 0 Å². The molecule has 2 saturated heterocycles. The van der Waals surface area contributed by atoms with Crippen molar-refractivity contribution in [3.05, 3.63) is 0 Å². The quantitative estimate of drug-likeness (QED) is 0.743. The Morgan fingerprint density at radius 2 is 2.06 bits per heavy atom. The zero-order chi connectivity index (χ0) is 12.3. The average Bonchev–Trinajstić information content (AvgIpc) is 2.39. The monoisotopic (exact) mass is 240 g/mol. The largest absolute Gasteiger partial charge is 0.393 e. The van der Waals surface area contributed by atoms with Gasteiger partial charge < -0.3 is 15.3 Å². The second-order valence-corrected chi connectivity index (χ2v) is 5.45. The molecule has 0 bridgehead atoms. The fourth-order valence-electron chi connectivity index (χ4n) is 2.92. The van der Waals surface area contributed by atoms with Crippen LogP contribution in [0.15, 0.2) is 0 Å². The summed E-state index contributed by atoms with van der Waals surface area (Å²) in [5, 5.41) is 12.8. The standard InChI is InChI=1S/C13H24N2O2/c1-10(16)11-4-7-15(8-5-11)13(17)12-3-2-6-14-9-12/h10-12,14,16H,2-9H2,1H3/t10?,12-/m1/s1. The molecule has 2 fully saturated rings. The molecule has 2 atom stereocenters. The highest BCUT2D eigenvalue weighted by Crippen LogP contribution is 2.23. The molecule has 1 unspecified atom stereocenters. The maximum absolute atomic E-state index is 12.3. The van der Waals surface area contributed by atoms with Gasteiger partial charge in [-0.1, -0.05) is 0 Å². The number of rotatable bonds is 2. The molecule has 98 valence electrons. The van der Waals surface area contributed by atoms with Gasteiger partial charge in [0, 0.05) is 19.6 Å². The number of carbonyl (C=O) groups excluding carboxylic acids is 1. The van der Waals surface area contributed by atoms with E-state index in [-0.39, 0.29) is 12.0 Å². The molecule has 0 aliphatic carbocycles. The predicted molar refractivity (Wildman–Crippen MR) is 66.6 cm³/mol. The Balaban J connectivity index is 1.81. The molecule has 0 aromatic carbocycles. The van der Waals surface area contributed by atoms with Crippen LogP contribution in [0.5, 0.6) is 0 Å². The average molecular weight is 240 g/mol. The summed E-state index contributed by atoms with van der Waals surface area (Å²) in [6.45, 7) is 5.39. The highest BCUT2D eigenvalue weighted by molar-refractivity contribution is 5.79. The molecular formula is C13H24N2O2. The third-order valence-electron chi connectivity index (χ3n) is 4.18. The van der Waals surface area contributed by atoms with Crippen molar-refractivity contribution in [1.82, 2.24) is 10.2 Å². The fourth-order valence-corrected chi connectivity index (χ4v) is 2.92. The van der Waals surface area contributed by atoms with Crippen molar-refractivity contribution in [1.29, 1.82) is 0 Å². The minimum atomic E-state index is -0.233. The highest BCUT2D eigenvalue weighted by atomic mass is 16.3. The van der Waals surface area contributed by atoms with E-state index in [2.05, 4.69) is 5.32 Å². The van der Waals surface area contributed by atoms with Gasteiger partial charge in [0.05, 0.1) is 12.0 Å². The van der Waals surface area contributed by atoms with Gasteiger partial charge in [0.25, 0.3) is 0 Å². The maximum atomic E-state index is 12.3. The Labute approximate surface area is 103 Å². The molecule has 0 aromatic rings. The number of piperidine rings is 2. The number of carbonyl (C=O) groups is 1. The third-order valence-corrected chi connectivity index (χ3v) is 4.18. The molecule has 2 heterocycles. The van der Waals surface area contributed by atoms with E-state index in [1.54, 1.807) is 0 Å². The number of nitrogens with one attached hydrogen (secondary N) is 1. The van der Waals surface area contributed by atoms with E-state index in [0.29, 0.717) is 11.8 Å². The number of likely N-dealkylation sites (tertiary alicyclic amines) is 1. The molecule has 0 saturated carbocycles. The lowest BCUT2D eigenvalue weighted by atomic mass is 9.90. The van der Waals surface area contributed by atoms with E-state index in [0.717, 1.165) is 51.9 Å². The van der Waals surface area contributed by atoms with Crippen LogP contribution in [0.2, 0.25) is 0 Å². The van der Waals surface area contributed by atoms with Crippen LogP contribution in [-0.2, 0) is 4.79 Å². The minimum absolute atomic E-state index is 0.187. The molecule has 4 nitrogen and oxygen atoms in total. The lowest BCUT2D eigenvalue weighted by Gasteiger charge is -2.36. The summed E-state index contributed by atoms with van der Waals surface area (Å²) in [7, 11) is 0. The van der Waals surface area contributed by atoms with E-state index in [1.807, 2.05) is 11.8 Å². The molecule has 0 spiro atoms. The van der Waals surface area contributed by atoms with Crippen molar-refractivity contribution in [2.45, 2.75) is 38.7 Å². The molecule has 2 N–H and O–H groups in total. The number of aliphatic hydroxyl groups is 1. The molecule has 17 heavy (non-hydrogen) atoms. The minimum Gasteiger partial charge on any atom is -0.393 e. The number of aliphatic hydroxyl groups excluding tert-OH is 1. The van der Waals surface area contributed by atoms with Gasteiger partial charge in [0.1, 0.15) is 0 Å². The number of nitrogens with zero attached hydrogens (tertiary/aromatic N) is 1. The lowest BCUT2D eigenvalue weighted by molar-refractivity contribution is -0.138. The van der Waals surface area contributed by atoms with Crippen LogP contribution in [0.3, 0.4) is 0 Å². The summed E-state index contributed by atoms with van der Waals surface area (Å²) in [5.74, 6) is 0.886. The zero-order valence-electron chi connectivity index (χ0n) is 10.7. The van der Waals surface area contributed by atoms with Crippen LogP contribution in [0, 0.1) is 11.8 Å². The summed E-state index contributed by atoms with van der Waals surface area (Å²) in [6, 6.07) is 0. The fraction of sp³-hybridized carbons (Fsp3) is 0.923. The van der Waals surface area contributed by atoms with Gasteiger partial charge in [0.2, 0.25) is 5.91 Å². The van der Waals surface area contributed by atoms with Gasteiger partial charge in [-0.15, -0.1) is 0 Å². The normalized spacial score (nSPS) is 29.1. The predicted octanol–water partition coefficient (Wildman–Crippen LogP) is 0.605. The van der Waals surface area contributed by atoms with Gasteiger partial charge in [-0.2, -0.15) is 0 Å². The lowest BCUT2D eigenvalue weighted by Crippen LogP contribution is -2.47. The zero-order valence-corrected chi connectivity index (χ0v) is 10.7. The Hall–Kier alpha value is -0.610. The van der Waals surface area contributed by atoms with Crippen LogP contribution in [0.1, 0.15) is 32.6 Å². The van der Waals surface area contributed by atoms with Crippen molar-refractivity contribution < 1.29 is 9.90 Å². The summed E-state index contributed by atoms with van der Waals surface area (Å²) in [6.07, 6.45) is 3.80. The van der Waals surface area contributed by atoms with Crippen molar-refractivity contribution in [2.75, 3.05) is 26.2 Å². The van der Waals surface area contributed by atoms with Gasteiger partial charge in [-0.05, 0) is 45.1 Å². The van der Waals surface area contributed by atoms with Gasteiger partial charge >= 0.3 is 0 Å². The number of hydrogen-bond acceptors (Lipinski definition) is 3. The molecule has 1 amide bonds. The molecule has 4 heteroatoms. The summed E-state index contributed by atoms with van der Waals surface area (Å²) in [5.41, 5.74) is 0. The Kier molecular flexibility index (Phi) is 4.40. The van der Waals surface area contributed by atoms with Crippen LogP contribution < -0.4 is 5.32 Å². The molecule has 2 aliphatic rings. The smallest absolute Gasteiger partial charge is 0.226 e. The van der Waals surface area contributed by atoms with Gasteiger partial charge in [-0.25, -0.2) is 0 Å². The maximum Gasteiger partial charge on any atom is 0.226 e. The first-order valence-corrected chi connectivity index (χ1v) is 6.86. The van der Waals surface area contributed by atoms with Gasteiger partial charge in [-0.3, -0.25) is 4.79 Å². The molecule has 0 radical (unpaired) electrons. The van der Waals surface area contributed by atoms with Crippen LogP contribution in [-0.4, -0.2) is 48.2 Å². The molecular weight excluding hydrogens is 216 g/mol. The van der Waals surface area contributed by atoms with Crippen LogP contribution in [0.25, 0.3) is 0 Å². The van der Waals surface area contributed by atoms with E-state index < -0.39 is 0 Å². The second kappa shape index (κ2) is 5.83. The van der Waals surface area contributed by atoms with E-state index in [9.17, 15) is 9.90 Å². The van der Waals surface area contributed by atoms with Crippen LogP contribution in [0.4, 0.5) is 0 Å². The molecule has 2 aliphatic heterocycles. The Morgan fingerprint density at radius 3 is 2.59 bits per heavy atom. The highest BCUT2D eigenvalue weighted by Gasteiger charge is 2.30. The van der Waals surface area contributed by atoms with Crippen molar-refractivity contribution in [2.24, 2.45) is 11.8 Å². The number of amides is 1. The SMILES string of the molecule is CC(O)C1CCN(C(=O)[C@@H]2CCCNC2)CC1. The number of hydrogen-bond donors (Lipinski definition) is 2. The second-order valence-electron chi connectivity index (χ2n) is 5.45. The van der Waals surface area contributed by atoms with Crippen LogP contribution >= 0.6 is 0 Å². The van der Waals surface area contributed by atoms with E-state index in [1.165, 1.54) is 0 Å². The van der Waals surface area contributed by atoms with Crippen molar-refractivity contribution in [3.63, 3.8) is 0 Å². The van der Waals surface area contributed by atoms with Crippen molar-refractivity contribution >= 4 is 5.91 Å². The summed E-state index contributed by atoms with van der Waals surface area (Å²) in [4.78, 5) is 14.2. The Bertz CT molecular complexity index is 254. The Morgan fingerprint density at radius 1 is 1.35 bits per heavy atom. The van der Waals surface area contributed by atoms with Gasteiger partial charge in [0.15, 0.2) is 0 Å². The first-order chi connectivity index (χ1) is 8.18. The summed E-state index contributed by atoms with van der Waals surface area (Å²) < 4.78 is 0. The summed E-state index contributed by atoms with van der Waals surface area (Å²) >= 11 is 0. The molecule has 0 aromatic heterocycles. The van der Waals surface area contributed by atoms with E-state index >= 15 is 0 Å². The first-order valence-electron chi connectivity index (χ1n) is 6.86. The van der Waals surface area contributed by atoms with Crippen molar-refractivity contribution in [3.8, 4) is 0 Å². The topological polar surface area (TPSA) is 52.6 Å². The third kappa shape index (κ3) is 3.19. The first kappa shape index (κ1) is 12.8.